The summed E-state index contributed by atoms with van der Waals surface area (Å²) in [5.74, 6) is 0.0746. The van der Waals surface area contributed by atoms with Crippen molar-refractivity contribution < 1.29 is 4.79 Å². The van der Waals surface area contributed by atoms with E-state index >= 15 is 0 Å². The summed E-state index contributed by atoms with van der Waals surface area (Å²) in [6.07, 6.45) is 4.37. The Balaban J connectivity index is 1.57. The van der Waals surface area contributed by atoms with Gasteiger partial charge in [0.25, 0.3) is 0 Å². The van der Waals surface area contributed by atoms with Crippen LogP contribution in [0.3, 0.4) is 0 Å². The van der Waals surface area contributed by atoms with E-state index in [9.17, 15) is 4.79 Å². The largest absolute Gasteiger partial charge is 0.352 e. The van der Waals surface area contributed by atoms with Gasteiger partial charge in [-0.05, 0) is 29.2 Å². The molecule has 1 aromatic heterocycles. The quantitative estimate of drug-likeness (QED) is 0.776. The monoisotopic (exact) mass is 328 g/mol. The first-order valence-electron chi connectivity index (χ1n) is 8.58. The maximum atomic E-state index is 12.8. The number of pyridine rings is 1. The van der Waals surface area contributed by atoms with E-state index in [0.29, 0.717) is 6.54 Å². The molecule has 4 rings (SSSR count). The Morgan fingerprint density at radius 1 is 0.960 bits per heavy atom. The third kappa shape index (κ3) is 2.93. The van der Waals surface area contributed by atoms with Crippen LogP contribution in [0.2, 0.25) is 0 Å². The van der Waals surface area contributed by atoms with Gasteiger partial charge in [-0.25, -0.2) is 0 Å². The van der Waals surface area contributed by atoms with E-state index < -0.39 is 0 Å². The summed E-state index contributed by atoms with van der Waals surface area (Å²) < 4.78 is 0. The number of rotatable bonds is 5. The molecule has 0 radical (unpaired) electrons. The number of hydrogen-bond donors (Lipinski definition) is 1. The topological polar surface area (TPSA) is 42.0 Å². The normalized spacial score (nSPS) is 17.7. The Bertz CT molecular complexity index is 807. The van der Waals surface area contributed by atoms with Crippen LogP contribution in [0.1, 0.15) is 23.1 Å². The third-order valence-corrected chi connectivity index (χ3v) is 5.04. The Morgan fingerprint density at radius 3 is 2.16 bits per heavy atom. The van der Waals surface area contributed by atoms with Crippen molar-refractivity contribution in [1.82, 2.24) is 10.3 Å². The van der Waals surface area contributed by atoms with Gasteiger partial charge in [0.05, 0.1) is 5.92 Å². The van der Waals surface area contributed by atoms with E-state index in [4.69, 9.17) is 0 Å². The Morgan fingerprint density at radius 2 is 1.60 bits per heavy atom. The molecule has 1 fully saturated rings. The molecular formula is C22H20N2O. The van der Waals surface area contributed by atoms with Gasteiger partial charge in [0, 0.05) is 24.4 Å². The van der Waals surface area contributed by atoms with Crippen LogP contribution < -0.4 is 5.32 Å². The molecule has 0 spiro atoms. The summed E-state index contributed by atoms with van der Waals surface area (Å²) >= 11 is 0. The van der Waals surface area contributed by atoms with Gasteiger partial charge in [-0.2, -0.15) is 0 Å². The summed E-state index contributed by atoms with van der Waals surface area (Å²) in [7, 11) is 0. The lowest BCUT2D eigenvalue weighted by Gasteiger charge is -2.19. The van der Waals surface area contributed by atoms with Crippen LogP contribution in [0.25, 0.3) is 0 Å². The molecule has 0 aliphatic heterocycles. The van der Waals surface area contributed by atoms with Crippen LogP contribution in [0.4, 0.5) is 0 Å². The molecule has 3 nitrogen and oxygen atoms in total. The molecule has 0 unspecified atom stereocenters. The van der Waals surface area contributed by atoms with Gasteiger partial charge in [-0.1, -0.05) is 66.7 Å². The van der Waals surface area contributed by atoms with E-state index in [1.807, 2.05) is 48.5 Å². The van der Waals surface area contributed by atoms with E-state index in [-0.39, 0.29) is 17.2 Å². The zero-order valence-corrected chi connectivity index (χ0v) is 13.9. The molecule has 2 aromatic carbocycles. The maximum absolute atomic E-state index is 12.8. The molecule has 3 aromatic rings. The van der Waals surface area contributed by atoms with Crippen molar-refractivity contribution in [2.45, 2.75) is 18.4 Å². The minimum Gasteiger partial charge on any atom is -0.352 e. The number of carbonyl (C=O) groups excluding carboxylic acids is 1. The van der Waals surface area contributed by atoms with Gasteiger partial charge in [0.2, 0.25) is 5.91 Å². The van der Waals surface area contributed by atoms with Crippen LogP contribution in [0.5, 0.6) is 0 Å². The second-order valence-corrected chi connectivity index (χ2v) is 6.54. The molecular weight excluding hydrogens is 308 g/mol. The lowest BCUT2D eigenvalue weighted by molar-refractivity contribution is -0.122. The van der Waals surface area contributed by atoms with Crippen molar-refractivity contribution in [2.24, 2.45) is 5.92 Å². The number of aromatic nitrogens is 1. The molecule has 1 aliphatic rings. The van der Waals surface area contributed by atoms with Gasteiger partial charge >= 0.3 is 0 Å². The molecule has 1 aliphatic carbocycles. The summed E-state index contributed by atoms with van der Waals surface area (Å²) in [4.78, 5) is 16.9. The van der Waals surface area contributed by atoms with Crippen molar-refractivity contribution in [1.29, 1.82) is 0 Å². The summed E-state index contributed by atoms with van der Waals surface area (Å²) in [5, 5.41) is 3.08. The fourth-order valence-electron chi connectivity index (χ4n) is 3.67. The number of nitrogens with one attached hydrogen (secondary N) is 1. The lowest BCUT2D eigenvalue weighted by Crippen LogP contribution is -2.28. The number of hydrogen-bond acceptors (Lipinski definition) is 2. The van der Waals surface area contributed by atoms with Crippen molar-refractivity contribution in [3.8, 4) is 0 Å². The van der Waals surface area contributed by atoms with E-state index in [1.165, 1.54) is 11.1 Å². The third-order valence-electron chi connectivity index (χ3n) is 5.04. The van der Waals surface area contributed by atoms with Crippen molar-refractivity contribution in [3.63, 3.8) is 0 Å². The van der Waals surface area contributed by atoms with Gasteiger partial charge in [0.1, 0.15) is 0 Å². The smallest absolute Gasteiger partial charge is 0.224 e. The molecule has 1 N–H and O–H groups in total. The average Bonchev–Trinajstić information content (AvgIpc) is 3.45. The predicted octanol–water partition coefficient (Wildman–Crippen LogP) is 3.70. The first-order chi connectivity index (χ1) is 12.3. The molecule has 25 heavy (non-hydrogen) atoms. The zero-order valence-electron chi connectivity index (χ0n) is 13.9. The molecule has 0 bridgehead atoms. The summed E-state index contributed by atoms with van der Waals surface area (Å²) in [6.45, 7) is 0.517. The number of carbonyl (C=O) groups is 1. The number of nitrogens with zero attached hydrogens (tertiary/aromatic N) is 1. The highest BCUT2D eigenvalue weighted by Gasteiger charge is 2.60. The van der Waals surface area contributed by atoms with Gasteiger partial charge in [0.15, 0.2) is 0 Å². The molecule has 1 heterocycles. The molecule has 1 saturated carbocycles. The van der Waals surface area contributed by atoms with E-state index in [0.717, 1.165) is 12.0 Å². The van der Waals surface area contributed by atoms with E-state index in [2.05, 4.69) is 34.6 Å². The molecule has 1 amide bonds. The molecule has 1 atom stereocenters. The highest BCUT2D eigenvalue weighted by molar-refractivity contribution is 5.86. The minimum atomic E-state index is -0.207. The average molecular weight is 328 g/mol. The van der Waals surface area contributed by atoms with Gasteiger partial charge in [-0.3, -0.25) is 9.78 Å². The highest BCUT2D eigenvalue weighted by Crippen LogP contribution is 2.58. The van der Waals surface area contributed by atoms with Crippen LogP contribution in [-0.2, 0) is 16.8 Å². The fraction of sp³-hybridized carbons (Fsp3) is 0.182. The van der Waals surface area contributed by atoms with Crippen LogP contribution in [0, 0.1) is 5.92 Å². The first kappa shape index (κ1) is 15.6. The van der Waals surface area contributed by atoms with Crippen LogP contribution >= 0.6 is 0 Å². The summed E-state index contributed by atoms with van der Waals surface area (Å²) in [6, 6.07) is 24.6. The molecule has 3 heteroatoms. The summed E-state index contributed by atoms with van der Waals surface area (Å²) in [5.41, 5.74) is 3.23. The van der Waals surface area contributed by atoms with Crippen LogP contribution in [-0.4, -0.2) is 10.9 Å². The second kappa shape index (κ2) is 6.52. The Kier molecular flexibility index (Phi) is 4.06. The first-order valence-corrected chi connectivity index (χ1v) is 8.58. The number of amides is 1. The lowest BCUT2D eigenvalue weighted by atomic mass is 9.85. The highest BCUT2D eigenvalue weighted by atomic mass is 16.2. The molecule has 124 valence electrons. The predicted molar refractivity (Wildman–Crippen MR) is 97.9 cm³/mol. The molecule has 0 saturated heterocycles. The van der Waals surface area contributed by atoms with Crippen molar-refractivity contribution in [3.05, 3.63) is 102 Å². The van der Waals surface area contributed by atoms with Crippen molar-refractivity contribution in [2.75, 3.05) is 0 Å². The fourth-order valence-corrected chi connectivity index (χ4v) is 3.67. The number of benzene rings is 2. The SMILES string of the molecule is O=C(NCc1cccnc1)[C@@H]1CC1(c1ccccc1)c1ccccc1. The minimum absolute atomic E-state index is 0.0334. The van der Waals surface area contributed by atoms with Gasteiger partial charge in [-0.15, -0.1) is 0 Å². The zero-order chi connectivity index (χ0) is 17.1. The van der Waals surface area contributed by atoms with Crippen LogP contribution in [0.15, 0.2) is 85.2 Å². The maximum Gasteiger partial charge on any atom is 0.224 e. The van der Waals surface area contributed by atoms with Gasteiger partial charge < -0.3 is 5.32 Å². The van der Waals surface area contributed by atoms with Crippen molar-refractivity contribution >= 4 is 5.91 Å². The Labute approximate surface area is 147 Å². The Hall–Kier alpha value is -2.94. The second-order valence-electron chi connectivity index (χ2n) is 6.54. The standard InChI is InChI=1S/C22H20N2O/c25-21(24-16-17-8-7-13-23-15-17)20-14-22(20,18-9-3-1-4-10-18)19-11-5-2-6-12-19/h1-13,15,20H,14,16H2,(H,24,25)/t20-/m0/s1. The van der Waals surface area contributed by atoms with E-state index in [1.54, 1.807) is 12.4 Å².